The Hall–Kier alpha value is -2.11. The maximum atomic E-state index is 11.5. The SMILES string of the molecule is O=NN(CC1(O)OCC(O)C(O)C1O)C(Cc1ccccc1)C(=O)O. The molecule has 10 heteroatoms. The smallest absolute Gasteiger partial charge is 0.328 e. The summed E-state index contributed by atoms with van der Waals surface area (Å²) < 4.78 is 4.93. The zero-order valence-electron chi connectivity index (χ0n) is 13.2. The van der Waals surface area contributed by atoms with Crippen LogP contribution >= 0.6 is 0 Å². The van der Waals surface area contributed by atoms with Crippen LogP contribution in [-0.2, 0) is 16.0 Å². The molecule has 1 aliphatic rings. The largest absolute Gasteiger partial charge is 0.480 e. The minimum atomic E-state index is -2.46. The number of rotatable bonds is 7. The molecule has 5 unspecified atom stereocenters. The van der Waals surface area contributed by atoms with Crippen molar-refractivity contribution in [3.63, 3.8) is 0 Å². The van der Waals surface area contributed by atoms with Gasteiger partial charge in [0.25, 0.3) is 0 Å². The zero-order chi connectivity index (χ0) is 18.6. The van der Waals surface area contributed by atoms with Crippen molar-refractivity contribution in [1.82, 2.24) is 5.01 Å². The Labute approximate surface area is 142 Å². The van der Waals surface area contributed by atoms with Crippen LogP contribution in [0.2, 0.25) is 0 Å². The first-order chi connectivity index (χ1) is 11.8. The lowest BCUT2D eigenvalue weighted by Crippen LogP contribution is -2.65. The van der Waals surface area contributed by atoms with Gasteiger partial charge in [-0.25, -0.2) is 9.80 Å². The molecule has 5 N–H and O–H groups in total. The van der Waals surface area contributed by atoms with Crippen molar-refractivity contribution in [3.8, 4) is 0 Å². The summed E-state index contributed by atoms with van der Waals surface area (Å²) in [5, 5.41) is 51.9. The summed E-state index contributed by atoms with van der Waals surface area (Å²) in [4.78, 5) is 22.7. The quantitative estimate of drug-likeness (QED) is 0.288. The second-order valence-electron chi connectivity index (χ2n) is 5.88. The van der Waals surface area contributed by atoms with Crippen LogP contribution in [0, 0.1) is 4.91 Å². The normalized spacial score (nSPS) is 30.5. The van der Waals surface area contributed by atoms with Gasteiger partial charge in [0, 0.05) is 6.42 Å². The Balaban J connectivity index is 2.18. The Bertz CT molecular complexity index is 600. The third-order valence-corrected chi connectivity index (χ3v) is 4.09. The summed E-state index contributed by atoms with van der Waals surface area (Å²) in [5.41, 5.74) is 0.621. The number of nitroso groups, excluding NO2 is 1. The number of hydrogen-bond donors (Lipinski definition) is 5. The predicted octanol–water partition coefficient (Wildman–Crippen LogP) is -1.53. The Morgan fingerprint density at radius 3 is 2.52 bits per heavy atom. The van der Waals surface area contributed by atoms with Gasteiger partial charge in [-0.2, -0.15) is 0 Å². The van der Waals surface area contributed by atoms with Gasteiger partial charge < -0.3 is 30.3 Å². The molecule has 25 heavy (non-hydrogen) atoms. The first kappa shape index (κ1) is 19.2. The minimum Gasteiger partial charge on any atom is -0.480 e. The molecule has 1 aromatic carbocycles. The number of carboxylic acid groups (broad SMARTS) is 1. The van der Waals surface area contributed by atoms with E-state index in [4.69, 9.17) is 4.74 Å². The van der Waals surface area contributed by atoms with Gasteiger partial charge in [-0.15, -0.1) is 4.91 Å². The average Bonchev–Trinajstić information content (AvgIpc) is 2.60. The zero-order valence-corrected chi connectivity index (χ0v) is 13.2. The van der Waals surface area contributed by atoms with Crippen LogP contribution in [0.5, 0.6) is 0 Å². The average molecular weight is 356 g/mol. The summed E-state index contributed by atoms with van der Waals surface area (Å²) >= 11 is 0. The maximum absolute atomic E-state index is 11.5. The molecular weight excluding hydrogens is 336 g/mol. The highest BCUT2D eigenvalue weighted by molar-refractivity contribution is 5.73. The topological polar surface area (TPSA) is 160 Å². The third-order valence-electron chi connectivity index (χ3n) is 4.09. The second-order valence-corrected chi connectivity index (χ2v) is 5.88. The molecule has 0 spiro atoms. The molecule has 1 aliphatic heterocycles. The molecule has 1 heterocycles. The highest BCUT2D eigenvalue weighted by Crippen LogP contribution is 2.26. The van der Waals surface area contributed by atoms with Gasteiger partial charge in [-0.3, -0.25) is 0 Å². The van der Waals surface area contributed by atoms with Crippen LogP contribution in [0.3, 0.4) is 0 Å². The van der Waals surface area contributed by atoms with Crippen molar-refractivity contribution in [2.24, 2.45) is 5.29 Å². The van der Waals surface area contributed by atoms with Crippen LogP contribution in [0.4, 0.5) is 0 Å². The van der Waals surface area contributed by atoms with E-state index in [9.17, 15) is 35.2 Å². The fraction of sp³-hybridized carbons (Fsp3) is 0.533. The van der Waals surface area contributed by atoms with E-state index >= 15 is 0 Å². The molecule has 0 amide bonds. The predicted molar refractivity (Wildman–Crippen MR) is 83.0 cm³/mol. The van der Waals surface area contributed by atoms with Crippen molar-refractivity contribution in [3.05, 3.63) is 40.8 Å². The summed E-state index contributed by atoms with van der Waals surface area (Å²) in [5.74, 6) is -3.82. The number of carbonyl (C=O) groups is 1. The molecule has 1 aromatic rings. The first-order valence-electron chi connectivity index (χ1n) is 7.55. The monoisotopic (exact) mass is 356 g/mol. The van der Waals surface area contributed by atoms with Crippen molar-refractivity contribution in [2.75, 3.05) is 13.2 Å². The van der Waals surface area contributed by atoms with Crippen molar-refractivity contribution in [1.29, 1.82) is 0 Å². The van der Waals surface area contributed by atoms with E-state index < -0.39 is 49.3 Å². The molecule has 10 nitrogen and oxygen atoms in total. The standard InChI is InChI=1S/C15H20N2O8/c18-11-7-25-15(23,13(20)12(11)19)8-17(16-24)10(14(21)22)6-9-4-2-1-3-5-9/h1-5,10-13,18-20,23H,6-8H2,(H,21,22). The Morgan fingerprint density at radius 2 is 1.96 bits per heavy atom. The van der Waals surface area contributed by atoms with Gasteiger partial charge in [0.2, 0.25) is 5.79 Å². The van der Waals surface area contributed by atoms with Gasteiger partial charge in [0.15, 0.2) is 6.04 Å². The number of aliphatic hydroxyl groups excluding tert-OH is 3. The Morgan fingerprint density at radius 1 is 1.32 bits per heavy atom. The molecule has 0 radical (unpaired) electrons. The lowest BCUT2D eigenvalue weighted by atomic mass is 9.96. The van der Waals surface area contributed by atoms with Crippen molar-refractivity contribution >= 4 is 5.97 Å². The molecule has 2 rings (SSSR count). The van der Waals surface area contributed by atoms with Gasteiger partial charge in [-0.05, 0) is 5.56 Å². The van der Waals surface area contributed by atoms with Crippen LogP contribution in [0.1, 0.15) is 5.56 Å². The van der Waals surface area contributed by atoms with E-state index in [1.165, 1.54) is 0 Å². The van der Waals surface area contributed by atoms with Gasteiger partial charge in [0.1, 0.15) is 18.3 Å². The van der Waals surface area contributed by atoms with Crippen LogP contribution in [0.25, 0.3) is 0 Å². The summed E-state index contributed by atoms with van der Waals surface area (Å²) in [7, 11) is 0. The second kappa shape index (κ2) is 7.85. The first-order valence-corrected chi connectivity index (χ1v) is 7.55. The molecule has 0 aromatic heterocycles. The molecule has 1 fully saturated rings. The van der Waals surface area contributed by atoms with Crippen molar-refractivity contribution in [2.45, 2.75) is 36.6 Å². The minimum absolute atomic E-state index is 0.0841. The van der Waals surface area contributed by atoms with Crippen molar-refractivity contribution < 1.29 is 35.1 Å². The number of ether oxygens (including phenoxy) is 1. The third kappa shape index (κ3) is 4.30. The van der Waals surface area contributed by atoms with E-state index in [-0.39, 0.29) is 6.42 Å². The van der Waals surface area contributed by atoms with E-state index in [1.807, 2.05) is 0 Å². The van der Waals surface area contributed by atoms with Gasteiger partial charge in [-0.1, -0.05) is 30.3 Å². The summed E-state index contributed by atoms with van der Waals surface area (Å²) in [6.45, 7) is -1.30. The van der Waals surface area contributed by atoms with Crippen LogP contribution in [-0.4, -0.2) is 79.8 Å². The van der Waals surface area contributed by atoms with Gasteiger partial charge in [0.05, 0.1) is 18.4 Å². The fourth-order valence-corrected chi connectivity index (χ4v) is 2.62. The van der Waals surface area contributed by atoms with Gasteiger partial charge >= 0.3 is 5.97 Å². The number of carboxylic acids is 1. The van der Waals surface area contributed by atoms with Crippen LogP contribution < -0.4 is 0 Å². The molecule has 0 saturated carbocycles. The highest BCUT2D eigenvalue weighted by atomic mass is 16.6. The number of aliphatic hydroxyl groups is 4. The number of aliphatic carboxylic acids is 1. The lowest BCUT2D eigenvalue weighted by molar-refractivity contribution is -0.326. The molecular formula is C15H20N2O8. The van der Waals surface area contributed by atoms with Crippen LogP contribution in [0.15, 0.2) is 35.6 Å². The Kier molecular flexibility index (Phi) is 6.03. The molecule has 5 atom stereocenters. The lowest BCUT2D eigenvalue weighted by Gasteiger charge is -2.43. The number of nitrogens with zero attached hydrogens (tertiary/aromatic N) is 2. The summed E-state index contributed by atoms with van der Waals surface area (Å²) in [6.07, 6.45) is -5.18. The van der Waals surface area contributed by atoms with E-state index in [1.54, 1.807) is 30.3 Å². The maximum Gasteiger partial charge on any atom is 0.328 e. The highest BCUT2D eigenvalue weighted by Gasteiger charge is 2.50. The molecule has 138 valence electrons. The number of hydrogen-bond acceptors (Lipinski definition) is 8. The van der Waals surface area contributed by atoms with E-state index in [2.05, 4.69) is 5.29 Å². The van der Waals surface area contributed by atoms with E-state index in [0.29, 0.717) is 10.6 Å². The number of benzene rings is 1. The fourth-order valence-electron chi connectivity index (χ4n) is 2.62. The molecule has 0 bridgehead atoms. The summed E-state index contributed by atoms with van der Waals surface area (Å²) in [6, 6.07) is 7.05. The van der Waals surface area contributed by atoms with E-state index in [0.717, 1.165) is 0 Å². The molecule has 1 saturated heterocycles. The molecule has 0 aliphatic carbocycles.